The molecule has 0 amide bonds. The lowest BCUT2D eigenvalue weighted by molar-refractivity contribution is 0.460. The molecule has 20 heteroatoms. The van der Waals surface area contributed by atoms with Crippen molar-refractivity contribution in [2.24, 2.45) is 0 Å². The van der Waals surface area contributed by atoms with Crippen LogP contribution in [0.3, 0.4) is 0 Å². The first-order valence-electron chi connectivity index (χ1n) is 46.5. The van der Waals surface area contributed by atoms with Crippen molar-refractivity contribution >= 4 is 134 Å². The van der Waals surface area contributed by atoms with Gasteiger partial charge in [-0.1, -0.05) is 308 Å². The second-order valence-corrected chi connectivity index (χ2v) is 37.3. The van der Waals surface area contributed by atoms with E-state index in [9.17, 15) is 0 Å². The zero-order valence-corrected chi connectivity index (χ0v) is 85.8. The molecule has 0 unspecified atom stereocenters. The van der Waals surface area contributed by atoms with Crippen LogP contribution in [0.25, 0.3) is 121 Å². The first-order chi connectivity index (χ1) is 69.0. The maximum absolute atomic E-state index is 6.08. The van der Waals surface area contributed by atoms with E-state index in [2.05, 4.69) is 261 Å². The highest BCUT2D eigenvalue weighted by molar-refractivity contribution is 6.23. The monoisotopic (exact) mass is 1920 g/mol. The summed E-state index contributed by atoms with van der Waals surface area (Å²) >= 11 is -3.45. The van der Waals surface area contributed by atoms with Gasteiger partial charge in [-0.05, 0) is 274 Å². The summed E-state index contributed by atoms with van der Waals surface area (Å²) in [4.78, 5) is 23.3. The lowest BCUT2D eigenvalue weighted by Gasteiger charge is -2.13. The fraction of sp³-hybridized carbons (Fsp3) is 0.0826. The van der Waals surface area contributed by atoms with Gasteiger partial charge in [0.1, 0.15) is 56.3 Å². The fourth-order valence-electron chi connectivity index (χ4n) is 16.5. The molecule has 0 aliphatic rings. The Morgan fingerprint density at radius 1 is 0.163 bits per heavy atom. The third kappa shape index (κ3) is 26.4. The van der Waals surface area contributed by atoms with E-state index >= 15 is 0 Å². The largest absolute Gasteiger partial charge is 0.881 e. The number of hydrogen-bond donors (Lipinski definition) is 0. The van der Waals surface area contributed by atoms with Crippen molar-refractivity contribution in [1.82, 2.24) is 24.9 Å². The lowest BCUT2D eigenvalue weighted by Crippen LogP contribution is -2.11. The number of rotatable bonds is 26. The number of benzene rings is 16. The van der Waals surface area contributed by atoms with Crippen LogP contribution < -0.4 is 37.9 Å². The first kappa shape index (κ1) is 97.9. The molecule has 15 nitrogen and oxygen atoms in total. The number of hydrogen-bond acceptors (Lipinski definition) is 15. The van der Waals surface area contributed by atoms with Gasteiger partial charge in [0, 0.05) is 55.4 Å². The van der Waals surface area contributed by atoms with Gasteiger partial charge in [-0.3, -0.25) is 0 Å². The number of fused-ring (bicyclic) bond motifs is 5. The second kappa shape index (κ2) is 48.2. The Morgan fingerprint density at radius 2 is 0.461 bits per heavy atom. The zero-order valence-electron chi connectivity index (χ0n) is 80.0. The van der Waals surface area contributed by atoms with Crippen LogP contribution in [-0.2, 0) is 0 Å². The first-order valence-corrected chi connectivity index (χ1v) is 51.2. The average Bonchev–Trinajstić information content (AvgIpc) is 0.783. The molecule has 0 atom stereocenters. The van der Waals surface area contributed by atoms with Crippen molar-refractivity contribution in [3.63, 3.8) is 0 Å². The van der Waals surface area contributed by atoms with Gasteiger partial charge in [-0.25, -0.2) is 24.9 Å². The van der Waals surface area contributed by atoms with E-state index in [1.807, 2.05) is 247 Å². The van der Waals surface area contributed by atoms with E-state index < -0.39 is 79.4 Å². The molecule has 0 aliphatic carbocycles. The quantitative estimate of drug-likeness (QED) is 0.0471. The van der Waals surface area contributed by atoms with E-state index in [0.29, 0.717) is 0 Å². The van der Waals surface area contributed by atoms with E-state index in [0.717, 1.165) is 163 Å². The van der Waals surface area contributed by atoms with Gasteiger partial charge in [0.25, 0.3) is 0 Å². The molecule has 0 fully saturated rings. The highest BCUT2D eigenvalue weighted by Crippen LogP contribution is 2.38. The Bertz CT molecular complexity index is 7820. The Kier molecular flexibility index (Phi) is 33.5. The minimum absolute atomic E-state index is 0.673. The molecule has 0 saturated heterocycles. The van der Waals surface area contributed by atoms with Crippen molar-refractivity contribution < 1.29 is 37.9 Å². The molecule has 5 radical (unpaired) electrons. The van der Waals surface area contributed by atoms with E-state index in [4.69, 9.17) is 42.9 Å². The standard InChI is InChI=1S/C16H13NO.C14H14O.C13H12O.3C12H10O.2C11H11NO.2C10H9NO.5Al/c1-11-10-14(12-6-3-2-4-7-12)13-8-5-9-15(18)16(13)17-11;1-10-6-11(2)8-13(7-10)12-4-3-5-14(15)9-12;1-10-9-12(14)7-8-13(10)11-5-3-2-4-6-11;13-12-8-4-7-11(9-12)10-5-2-1-3-6-10;2*13-12-8-6-11(7-9-12)10-4-2-1-3-5-10;2*1-7-6-8(2)12-11-9(7)4-3-5-10(11)13;2*1-7-5-6-8-3-2-4-9(12)10(8)11-7;;;;;/h2-10,18H,1H3;3-9,15H,1-2H3;2-9,14H,1H3;3*1-9,13H;2*3-6,13H,1-2H3;2*2-6,12H,1H3;;;;;/q;;;;;;;;;;5*+2/p-10. The summed E-state index contributed by atoms with van der Waals surface area (Å²) in [5, 5.41) is 5.44. The summed E-state index contributed by atoms with van der Waals surface area (Å²) in [6.07, 6.45) is 0. The third-order valence-corrected chi connectivity index (χ3v) is 26.9. The Hall–Kier alpha value is -14.8. The Morgan fingerprint density at radius 3 is 0.865 bits per heavy atom. The summed E-state index contributed by atoms with van der Waals surface area (Å²) in [6.45, 7) is 20.5. The maximum Gasteiger partial charge on any atom is 0.881 e. The second-order valence-electron chi connectivity index (χ2n) is 33.9. The molecule has 0 bridgehead atoms. The van der Waals surface area contributed by atoms with Crippen LogP contribution in [0.4, 0.5) is 0 Å². The van der Waals surface area contributed by atoms with Crippen LogP contribution in [0.5, 0.6) is 57.5 Å². The maximum atomic E-state index is 6.08. The van der Waals surface area contributed by atoms with Crippen LogP contribution in [0.2, 0.25) is 0 Å². The third-order valence-electron chi connectivity index (χ3n) is 23.3. The summed E-state index contributed by atoms with van der Waals surface area (Å²) in [5.41, 5.74) is 29.5. The molecule has 5 aromatic heterocycles. The van der Waals surface area contributed by atoms with Gasteiger partial charge < -0.3 is 37.9 Å². The van der Waals surface area contributed by atoms with Gasteiger partial charge in [-0.15, -0.1) is 0 Å². The number of pyridine rings is 5. The predicted octanol–water partition coefficient (Wildman–Crippen LogP) is 29.2. The van der Waals surface area contributed by atoms with E-state index in [1.165, 1.54) is 72.3 Å². The molecule has 683 valence electrons. The number of aromatic nitrogens is 5. The van der Waals surface area contributed by atoms with E-state index in [1.54, 1.807) is 0 Å². The normalized spacial score (nSPS) is 10.6. The summed E-state index contributed by atoms with van der Waals surface area (Å²) in [7, 11) is 0. The fourth-order valence-corrected chi connectivity index (χ4v) is 19.5. The minimum Gasteiger partial charge on any atom is -0.616 e. The topological polar surface area (TPSA) is 157 Å². The summed E-state index contributed by atoms with van der Waals surface area (Å²) < 4.78 is 59.4. The van der Waals surface area contributed by atoms with Gasteiger partial charge in [0.15, 0.2) is 0 Å². The lowest BCUT2D eigenvalue weighted by atomic mass is 10.00. The molecule has 0 spiro atoms. The van der Waals surface area contributed by atoms with Crippen LogP contribution in [0.1, 0.15) is 56.3 Å². The minimum atomic E-state index is -0.721. The molecule has 5 heterocycles. The zero-order chi connectivity index (χ0) is 97.2. The Balaban J connectivity index is 0.000000122. The highest BCUT2D eigenvalue weighted by Gasteiger charge is 2.20. The molecule has 21 rings (SSSR count). The van der Waals surface area contributed by atoms with Gasteiger partial charge in [-0.2, -0.15) is 0 Å². The SMILES string of the molecule is Cc1cc(-c2ccccc2)c2cccc([O][Al][O]c3ccc(-c4ccccc4)cc3)c2n1.Cc1cc(C)c2cccc([O][Al][O]c3ccc(-c4ccccc4)cc3)c2n1.Cc1cc(C)c2cccc([O][Al][O]c3cccc(-c4ccccc4)c3)c2n1.Cc1cc(C)cc(-c2cccc([O][Al][O]c3cccc4ccc(C)nc34)c2)c1.Cc1ccc2cccc([O][Al][O]c3ccc(-c4ccccc4)c(C)c3)c2n1. The highest BCUT2D eigenvalue weighted by atomic mass is 27.2. The van der Waals surface area contributed by atoms with Crippen molar-refractivity contribution in [3.05, 3.63) is 475 Å². The molecule has 21 aromatic rings. The van der Waals surface area contributed by atoms with Crippen molar-refractivity contribution in [2.75, 3.05) is 0 Å². The van der Waals surface area contributed by atoms with Gasteiger partial charge >= 0.3 is 79.4 Å². The van der Waals surface area contributed by atoms with Gasteiger partial charge in [0.2, 0.25) is 0 Å². The Labute approximate surface area is 857 Å². The van der Waals surface area contributed by atoms with Crippen LogP contribution >= 0.6 is 0 Å². The molecule has 0 saturated carbocycles. The molecule has 0 aliphatic heterocycles. The van der Waals surface area contributed by atoms with Crippen LogP contribution in [0, 0.1) is 69.2 Å². The number of aryl methyl sites for hydroxylation is 10. The van der Waals surface area contributed by atoms with Crippen LogP contribution in [-0.4, -0.2) is 104 Å². The molecule has 141 heavy (non-hydrogen) atoms. The molecule has 0 N–H and O–H groups in total. The molecule has 16 aromatic carbocycles. The average molecular weight is 1920 g/mol. The molecular formula is C121H99Al5N5O10. The predicted molar refractivity (Wildman–Crippen MR) is 576 cm³/mol. The smallest absolute Gasteiger partial charge is 0.616 e. The summed E-state index contributed by atoms with van der Waals surface area (Å²) in [6, 6.07) is 141. The van der Waals surface area contributed by atoms with Crippen LogP contribution in [0.15, 0.2) is 419 Å². The van der Waals surface area contributed by atoms with Gasteiger partial charge in [0.05, 0.1) is 28.7 Å². The number of para-hydroxylation sites is 5. The van der Waals surface area contributed by atoms with Crippen molar-refractivity contribution in [3.8, 4) is 124 Å². The van der Waals surface area contributed by atoms with Crippen molar-refractivity contribution in [2.45, 2.75) is 69.2 Å². The summed E-state index contributed by atoms with van der Waals surface area (Å²) in [5.74, 6) is 7.89. The molecular weight excluding hydrogens is 1820 g/mol. The number of nitrogens with zero attached hydrogens (tertiary/aromatic N) is 5. The van der Waals surface area contributed by atoms with Crippen molar-refractivity contribution in [1.29, 1.82) is 0 Å². The van der Waals surface area contributed by atoms with E-state index in [-0.39, 0.29) is 0 Å².